The lowest BCUT2D eigenvalue weighted by Gasteiger charge is -2.26. The highest BCUT2D eigenvalue weighted by atomic mass is 16.2. The lowest BCUT2D eigenvalue weighted by Crippen LogP contribution is -2.44. The van der Waals surface area contributed by atoms with Gasteiger partial charge in [-0.2, -0.15) is 0 Å². The molecule has 2 N–H and O–H groups in total. The molecule has 2 bridgehead atoms. The fraction of sp³-hybridized carbons (Fsp3) is 0.655. The van der Waals surface area contributed by atoms with Crippen LogP contribution in [0, 0.1) is 42.9 Å². The lowest BCUT2D eigenvalue weighted by atomic mass is 9.81. The molecule has 1 aromatic rings. The first-order chi connectivity index (χ1) is 16.5. The van der Waals surface area contributed by atoms with Gasteiger partial charge < -0.3 is 15.5 Å². The molecule has 1 aromatic carbocycles. The van der Waals surface area contributed by atoms with E-state index in [9.17, 15) is 9.59 Å². The van der Waals surface area contributed by atoms with Gasteiger partial charge in [-0.15, -0.1) is 0 Å². The van der Waals surface area contributed by atoms with Gasteiger partial charge in [0.05, 0.1) is 11.8 Å². The number of hydrogen-bond acceptors (Lipinski definition) is 3. The van der Waals surface area contributed by atoms with E-state index in [1.165, 1.54) is 42.6 Å². The highest BCUT2D eigenvalue weighted by Crippen LogP contribution is 2.72. The van der Waals surface area contributed by atoms with Crippen molar-refractivity contribution < 1.29 is 9.59 Å². The number of nitrogens with one attached hydrogen (secondary N) is 2. The van der Waals surface area contributed by atoms with E-state index in [-0.39, 0.29) is 40.9 Å². The molecule has 2 amide bonds. The molecular weight excluding hydrogens is 422 g/mol. The van der Waals surface area contributed by atoms with E-state index < -0.39 is 0 Å². The highest BCUT2D eigenvalue weighted by molar-refractivity contribution is 5.90. The third-order valence-electron chi connectivity index (χ3n) is 9.04. The Morgan fingerprint density at radius 1 is 0.941 bits per heavy atom. The Balaban J connectivity index is 1.15. The Hall–Kier alpha value is -2.14. The second-order valence-corrected chi connectivity index (χ2v) is 11.2. The number of amides is 2. The molecule has 5 rings (SSSR count). The topological polar surface area (TPSA) is 61.4 Å². The summed E-state index contributed by atoms with van der Waals surface area (Å²) in [5.41, 5.74) is 4.00. The first-order valence-corrected chi connectivity index (χ1v) is 13.5. The lowest BCUT2D eigenvalue weighted by molar-refractivity contribution is -0.135. The molecule has 3 aliphatic carbocycles. The van der Waals surface area contributed by atoms with Gasteiger partial charge in [0.15, 0.2) is 0 Å². The standard InChI is InChI=1S/C29H41N3O2/c1-20-7-8-22(21(2)19-20)11-15-31-28(34)26-24-10-9-23(29(24)12-13-29)25(26)27(33)30-14-3-4-16-32-17-5-6-18-32/h7-10,19,23-26H,3-6,11-18H2,1-2H3,(H,30,33)(H,31,34)/t23-,24+,25-,26-/m1/s1. The van der Waals surface area contributed by atoms with Crippen LogP contribution >= 0.6 is 0 Å². The predicted molar refractivity (Wildman–Crippen MR) is 135 cm³/mol. The minimum absolute atomic E-state index is 0.0714. The number of hydrogen-bond donors (Lipinski definition) is 2. The van der Waals surface area contributed by atoms with E-state index in [0.717, 1.165) is 45.2 Å². The predicted octanol–water partition coefficient (Wildman–Crippen LogP) is 3.78. The van der Waals surface area contributed by atoms with Crippen molar-refractivity contribution >= 4 is 11.8 Å². The molecule has 2 saturated carbocycles. The van der Waals surface area contributed by atoms with E-state index >= 15 is 0 Å². The number of benzene rings is 1. The number of nitrogens with zero attached hydrogens (tertiary/aromatic N) is 1. The van der Waals surface area contributed by atoms with Crippen LogP contribution in [0.2, 0.25) is 0 Å². The molecule has 1 heterocycles. The minimum atomic E-state index is -0.221. The van der Waals surface area contributed by atoms with Gasteiger partial charge in [-0.05, 0) is 107 Å². The van der Waals surface area contributed by atoms with Crippen LogP contribution in [0.5, 0.6) is 0 Å². The molecule has 1 aliphatic heterocycles. The van der Waals surface area contributed by atoms with Crippen LogP contribution in [-0.2, 0) is 16.0 Å². The zero-order chi connectivity index (χ0) is 23.7. The summed E-state index contributed by atoms with van der Waals surface area (Å²) in [5, 5.41) is 6.41. The molecule has 5 nitrogen and oxygen atoms in total. The minimum Gasteiger partial charge on any atom is -0.356 e. The number of likely N-dealkylation sites (tertiary alicyclic amines) is 1. The zero-order valence-electron chi connectivity index (χ0n) is 20.9. The average molecular weight is 464 g/mol. The maximum Gasteiger partial charge on any atom is 0.224 e. The van der Waals surface area contributed by atoms with Crippen LogP contribution in [0.1, 0.15) is 55.2 Å². The quantitative estimate of drug-likeness (QED) is 0.410. The van der Waals surface area contributed by atoms with Gasteiger partial charge in [-0.3, -0.25) is 9.59 Å². The third kappa shape index (κ3) is 4.56. The van der Waals surface area contributed by atoms with Crippen molar-refractivity contribution in [1.29, 1.82) is 0 Å². The number of unbranched alkanes of at least 4 members (excludes halogenated alkanes) is 1. The summed E-state index contributed by atoms with van der Waals surface area (Å²) in [5.74, 6) is 0.195. The van der Waals surface area contributed by atoms with Crippen molar-refractivity contribution in [2.45, 2.75) is 58.8 Å². The van der Waals surface area contributed by atoms with Crippen LogP contribution in [0.4, 0.5) is 0 Å². The summed E-state index contributed by atoms with van der Waals surface area (Å²) in [6, 6.07) is 6.49. The highest BCUT2D eigenvalue weighted by Gasteiger charge is 2.69. The Kier molecular flexibility index (Phi) is 6.83. The molecule has 0 aromatic heterocycles. The van der Waals surface area contributed by atoms with Gasteiger partial charge in [0, 0.05) is 13.1 Å². The van der Waals surface area contributed by atoms with E-state index in [1.54, 1.807) is 0 Å². The van der Waals surface area contributed by atoms with Crippen molar-refractivity contribution in [3.05, 3.63) is 47.0 Å². The summed E-state index contributed by atoms with van der Waals surface area (Å²) in [7, 11) is 0. The number of allylic oxidation sites excluding steroid dienone is 2. The van der Waals surface area contributed by atoms with E-state index in [1.807, 2.05) is 0 Å². The Labute approximate surface area is 204 Å². The molecule has 1 spiro atoms. The normalized spacial score (nSPS) is 28.5. The Morgan fingerprint density at radius 3 is 2.21 bits per heavy atom. The maximum atomic E-state index is 13.4. The van der Waals surface area contributed by atoms with Crippen LogP contribution < -0.4 is 10.6 Å². The number of rotatable bonds is 10. The molecule has 3 fully saturated rings. The Bertz CT molecular complexity index is 945. The molecule has 4 atom stereocenters. The first-order valence-electron chi connectivity index (χ1n) is 13.5. The summed E-state index contributed by atoms with van der Waals surface area (Å²) in [6.07, 6.45) is 12.4. The fourth-order valence-electron chi connectivity index (χ4n) is 7.07. The molecule has 5 heteroatoms. The SMILES string of the molecule is Cc1ccc(CCNC(=O)[C@H]2[C@H](C(=O)NCCCCN3CCCC3)[C@H]3C=C[C@@H]2C32CC2)c(C)c1. The van der Waals surface area contributed by atoms with Gasteiger partial charge >= 0.3 is 0 Å². The molecule has 0 unspecified atom stereocenters. The van der Waals surface area contributed by atoms with Gasteiger partial charge in [0.25, 0.3) is 0 Å². The summed E-state index contributed by atoms with van der Waals surface area (Å²) < 4.78 is 0. The number of aryl methyl sites for hydroxylation is 2. The van der Waals surface area contributed by atoms with Gasteiger partial charge in [0.2, 0.25) is 11.8 Å². The van der Waals surface area contributed by atoms with Crippen LogP contribution in [0.3, 0.4) is 0 Å². The second kappa shape index (κ2) is 9.85. The van der Waals surface area contributed by atoms with Crippen molar-refractivity contribution in [2.24, 2.45) is 29.1 Å². The van der Waals surface area contributed by atoms with Crippen molar-refractivity contribution in [3.8, 4) is 0 Å². The van der Waals surface area contributed by atoms with E-state index in [0.29, 0.717) is 6.54 Å². The van der Waals surface area contributed by atoms with Crippen LogP contribution in [0.25, 0.3) is 0 Å². The largest absolute Gasteiger partial charge is 0.356 e. The first kappa shape index (κ1) is 23.6. The van der Waals surface area contributed by atoms with Gasteiger partial charge in [-0.25, -0.2) is 0 Å². The van der Waals surface area contributed by atoms with E-state index in [2.05, 4.69) is 59.7 Å². The van der Waals surface area contributed by atoms with Crippen molar-refractivity contribution in [2.75, 3.05) is 32.7 Å². The van der Waals surface area contributed by atoms with Gasteiger partial charge in [0.1, 0.15) is 0 Å². The summed E-state index contributed by atoms with van der Waals surface area (Å²) in [4.78, 5) is 29.2. The van der Waals surface area contributed by atoms with Crippen LogP contribution in [-0.4, -0.2) is 49.4 Å². The molecule has 1 saturated heterocycles. The van der Waals surface area contributed by atoms with Crippen LogP contribution in [0.15, 0.2) is 30.4 Å². The van der Waals surface area contributed by atoms with Gasteiger partial charge in [-0.1, -0.05) is 35.9 Å². The molecular formula is C29H41N3O2. The summed E-state index contributed by atoms with van der Waals surface area (Å²) in [6.45, 7) is 9.18. The maximum absolute atomic E-state index is 13.4. The molecule has 184 valence electrons. The summed E-state index contributed by atoms with van der Waals surface area (Å²) >= 11 is 0. The number of carbonyl (C=O) groups excluding carboxylic acids is 2. The average Bonchev–Trinajstić information content (AvgIpc) is 3.17. The van der Waals surface area contributed by atoms with Crippen molar-refractivity contribution in [1.82, 2.24) is 15.5 Å². The smallest absolute Gasteiger partial charge is 0.224 e. The Morgan fingerprint density at radius 2 is 1.59 bits per heavy atom. The monoisotopic (exact) mass is 463 g/mol. The van der Waals surface area contributed by atoms with E-state index in [4.69, 9.17) is 0 Å². The fourth-order valence-corrected chi connectivity index (χ4v) is 7.07. The molecule has 4 aliphatic rings. The molecule has 34 heavy (non-hydrogen) atoms. The van der Waals surface area contributed by atoms with Crippen molar-refractivity contribution in [3.63, 3.8) is 0 Å². The molecule has 0 radical (unpaired) electrons. The third-order valence-corrected chi connectivity index (χ3v) is 9.04. The second-order valence-electron chi connectivity index (χ2n) is 11.2. The number of carbonyl (C=O) groups is 2. The zero-order valence-corrected chi connectivity index (χ0v) is 20.9.